The zero-order valence-electron chi connectivity index (χ0n) is 15.4. The smallest absolute Gasteiger partial charge is 0.225 e. The van der Waals surface area contributed by atoms with Gasteiger partial charge in [-0.1, -0.05) is 38.1 Å². The van der Waals surface area contributed by atoms with E-state index < -0.39 is 0 Å². The SMILES string of the molecule is CC(C)Nc1nc(C(C)C)cc(N2Cc3ccccc3C[C@H]2C)n1. The summed E-state index contributed by atoms with van der Waals surface area (Å²) >= 11 is 0. The Labute approximate surface area is 145 Å². The number of benzene rings is 1. The molecule has 128 valence electrons. The number of anilines is 2. The van der Waals surface area contributed by atoms with Gasteiger partial charge < -0.3 is 10.2 Å². The molecule has 0 fully saturated rings. The molecule has 2 heterocycles. The van der Waals surface area contributed by atoms with Crippen LogP contribution in [0.5, 0.6) is 0 Å². The van der Waals surface area contributed by atoms with Crippen LogP contribution in [-0.4, -0.2) is 22.1 Å². The van der Waals surface area contributed by atoms with Gasteiger partial charge in [-0.15, -0.1) is 0 Å². The van der Waals surface area contributed by atoms with Crippen LogP contribution in [0.15, 0.2) is 30.3 Å². The third kappa shape index (κ3) is 3.53. The molecule has 2 aromatic rings. The maximum absolute atomic E-state index is 4.81. The van der Waals surface area contributed by atoms with Gasteiger partial charge in [0, 0.05) is 24.7 Å². The van der Waals surface area contributed by atoms with Crippen LogP contribution in [0.25, 0.3) is 0 Å². The zero-order chi connectivity index (χ0) is 17.3. The van der Waals surface area contributed by atoms with Crippen molar-refractivity contribution in [1.29, 1.82) is 0 Å². The van der Waals surface area contributed by atoms with Crippen LogP contribution in [0.2, 0.25) is 0 Å². The fourth-order valence-electron chi connectivity index (χ4n) is 3.20. The van der Waals surface area contributed by atoms with Gasteiger partial charge in [0.05, 0.1) is 5.69 Å². The van der Waals surface area contributed by atoms with Gasteiger partial charge in [-0.2, -0.15) is 4.98 Å². The van der Waals surface area contributed by atoms with E-state index in [-0.39, 0.29) is 0 Å². The third-order valence-corrected chi connectivity index (χ3v) is 4.54. The second kappa shape index (κ2) is 6.80. The third-order valence-electron chi connectivity index (χ3n) is 4.54. The summed E-state index contributed by atoms with van der Waals surface area (Å²) in [6.07, 6.45) is 1.06. The molecule has 24 heavy (non-hydrogen) atoms. The van der Waals surface area contributed by atoms with Crippen LogP contribution in [0.1, 0.15) is 57.4 Å². The highest BCUT2D eigenvalue weighted by Gasteiger charge is 2.25. The molecule has 1 aliphatic rings. The second-order valence-corrected chi connectivity index (χ2v) is 7.38. The molecule has 1 aromatic carbocycles. The van der Waals surface area contributed by atoms with Crippen molar-refractivity contribution in [2.45, 2.75) is 65.6 Å². The number of fused-ring (bicyclic) bond motifs is 1. The zero-order valence-corrected chi connectivity index (χ0v) is 15.4. The van der Waals surface area contributed by atoms with Gasteiger partial charge >= 0.3 is 0 Å². The summed E-state index contributed by atoms with van der Waals surface area (Å²) in [5.41, 5.74) is 3.95. The molecular formula is C20H28N4. The molecular weight excluding hydrogens is 296 g/mol. The molecule has 0 saturated carbocycles. The first kappa shape index (κ1) is 16.7. The number of aromatic nitrogens is 2. The predicted octanol–water partition coefficient (Wildman–Crippen LogP) is 4.37. The Kier molecular flexibility index (Phi) is 4.74. The number of hydrogen-bond donors (Lipinski definition) is 1. The summed E-state index contributed by atoms with van der Waals surface area (Å²) in [6, 6.07) is 11.6. The molecule has 0 unspecified atom stereocenters. The van der Waals surface area contributed by atoms with Gasteiger partial charge in [0.2, 0.25) is 5.95 Å². The molecule has 0 radical (unpaired) electrons. The number of nitrogens with zero attached hydrogens (tertiary/aromatic N) is 3. The van der Waals surface area contributed by atoms with Gasteiger partial charge in [-0.25, -0.2) is 4.98 Å². The highest BCUT2D eigenvalue weighted by atomic mass is 15.3. The number of rotatable bonds is 4. The van der Waals surface area contributed by atoms with Crippen molar-refractivity contribution in [3.8, 4) is 0 Å². The van der Waals surface area contributed by atoms with Gasteiger partial charge in [-0.05, 0) is 44.2 Å². The summed E-state index contributed by atoms with van der Waals surface area (Å²) in [5.74, 6) is 2.14. The molecule has 3 rings (SSSR count). The molecule has 0 amide bonds. The molecule has 0 aliphatic carbocycles. The topological polar surface area (TPSA) is 41.1 Å². The molecule has 1 aliphatic heterocycles. The lowest BCUT2D eigenvalue weighted by Crippen LogP contribution is -2.39. The summed E-state index contributed by atoms with van der Waals surface area (Å²) in [7, 11) is 0. The number of hydrogen-bond acceptors (Lipinski definition) is 4. The van der Waals surface area contributed by atoms with Crippen LogP contribution in [0, 0.1) is 0 Å². The van der Waals surface area contributed by atoms with E-state index >= 15 is 0 Å². The lowest BCUT2D eigenvalue weighted by molar-refractivity contribution is 0.585. The minimum Gasteiger partial charge on any atom is -0.352 e. The van der Waals surface area contributed by atoms with Crippen molar-refractivity contribution in [3.05, 3.63) is 47.2 Å². The first-order valence-electron chi connectivity index (χ1n) is 8.93. The van der Waals surface area contributed by atoms with Gasteiger partial charge in [0.25, 0.3) is 0 Å². The largest absolute Gasteiger partial charge is 0.352 e. The van der Waals surface area contributed by atoms with E-state index in [2.05, 4.69) is 80.2 Å². The fourth-order valence-corrected chi connectivity index (χ4v) is 3.20. The van der Waals surface area contributed by atoms with Crippen LogP contribution in [-0.2, 0) is 13.0 Å². The average molecular weight is 324 g/mol. The Morgan fingerprint density at radius 1 is 1.08 bits per heavy atom. The molecule has 0 spiro atoms. The highest BCUT2D eigenvalue weighted by molar-refractivity contribution is 5.50. The average Bonchev–Trinajstić information content (AvgIpc) is 2.53. The Morgan fingerprint density at radius 3 is 2.46 bits per heavy atom. The van der Waals surface area contributed by atoms with E-state index in [1.807, 2.05) is 0 Å². The maximum atomic E-state index is 4.81. The lowest BCUT2D eigenvalue weighted by Gasteiger charge is -2.36. The fraction of sp³-hybridized carbons (Fsp3) is 0.500. The van der Waals surface area contributed by atoms with Crippen molar-refractivity contribution < 1.29 is 0 Å². The molecule has 4 nitrogen and oxygen atoms in total. The first-order chi connectivity index (χ1) is 11.4. The van der Waals surface area contributed by atoms with Gasteiger partial charge in [0.1, 0.15) is 5.82 Å². The van der Waals surface area contributed by atoms with E-state index in [4.69, 9.17) is 4.98 Å². The van der Waals surface area contributed by atoms with Crippen molar-refractivity contribution in [3.63, 3.8) is 0 Å². The van der Waals surface area contributed by atoms with Crippen molar-refractivity contribution in [2.24, 2.45) is 0 Å². The summed E-state index contributed by atoms with van der Waals surface area (Å²) in [4.78, 5) is 11.9. The first-order valence-corrected chi connectivity index (χ1v) is 8.93. The Bertz CT molecular complexity index is 709. The maximum Gasteiger partial charge on any atom is 0.225 e. The quantitative estimate of drug-likeness (QED) is 0.906. The van der Waals surface area contributed by atoms with E-state index in [0.717, 1.165) is 30.4 Å². The van der Waals surface area contributed by atoms with E-state index in [0.29, 0.717) is 18.0 Å². The van der Waals surface area contributed by atoms with Crippen LogP contribution in [0.4, 0.5) is 11.8 Å². The molecule has 1 N–H and O–H groups in total. The summed E-state index contributed by atoms with van der Waals surface area (Å²) in [5, 5.41) is 3.36. The number of nitrogens with one attached hydrogen (secondary N) is 1. The van der Waals surface area contributed by atoms with Gasteiger partial charge in [-0.3, -0.25) is 0 Å². The van der Waals surface area contributed by atoms with E-state index in [9.17, 15) is 0 Å². The molecule has 4 heteroatoms. The lowest BCUT2D eigenvalue weighted by atomic mass is 9.95. The monoisotopic (exact) mass is 324 g/mol. The Morgan fingerprint density at radius 2 is 1.79 bits per heavy atom. The molecule has 0 saturated heterocycles. The van der Waals surface area contributed by atoms with Crippen LogP contribution >= 0.6 is 0 Å². The van der Waals surface area contributed by atoms with Crippen molar-refractivity contribution >= 4 is 11.8 Å². The highest BCUT2D eigenvalue weighted by Crippen LogP contribution is 2.29. The minimum absolute atomic E-state index is 0.319. The summed E-state index contributed by atoms with van der Waals surface area (Å²) < 4.78 is 0. The van der Waals surface area contributed by atoms with Crippen molar-refractivity contribution in [1.82, 2.24) is 9.97 Å². The molecule has 0 bridgehead atoms. The Balaban J connectivity index is 1.97. The Hall–Kier alpha value is -2.10. The normalized spacial score (nSPS) is 17.3. The van der Waals surface area contributed by atoms with Crippen LogP contribution in [0.3, 0.4) is 0 Å². The predicted molar refractivity (Wildman–Crippen MR) is 101 cm³/mol. The molecule has 1 aromatic heterocycles. The van der Waals surface area contributed by atoms with Gasteiger partial charge in [0.15, 0.2) is 0 Å². The molecule has 1 atom stereocenters. The van der Waals surface area contributed by atoms with E-state index in [1.54, 1.807) is 0 Å². The van der Waals surface area contributed by atoms with Crippen LogP contribution < -0.4 is 10.2 Å². The summed E-state index contributed by atoms with van der Waals surface area (Å²) in [6.45, 7) is 11.8. The van der Waals surface area contributed by atoms with E-state index in [1.165, 1.54) is 11.1 Å². The second-order valence-electron chi connectivity index (χ2n) is 7.38. The minimum atomic E-state index is 0.319. The van der Waals surface area contributed by atoms with Crippen molar-refractivity contribution in [2.75, 3.05) is 10.2 Å². The standard InChI is InChI=1S/C20H28N4/c1-13(2)18-11-19(23-20(22-18)21-14(3)4)24-12-17-9-7-6-8-16(17)10-15(24)5/h6-9,11,13-15H,10,12H2,1-5H3,(H,21,22,23)/t15-/m1/s1.